The van der Waals surface area contributed by atoms with Crippen molar-refractivity contribution in [3.63, 3.8) is 0 Å². The highest BCUT2D eigenvalue weighted by Gasteiger charge is 2.18. The molecule has 0 bridgehead atoms. The minimum atomic E-state index is -0.611. The molecule has 0 saturated carbocycles. The molecule has 0 radical (unpaired) electrons. The number of nitrogens with one attached hydrogen (secondary N) is 1. The van der Waals surface area contributed by atoms with Gasteiger partial charge in [-0.15, -0.1) is 11.8 Å². The monoisotopic (exact) mass is 271 g/mol. The highest BCUT2D eigenvalue weighted by molar-refractivity contribution is 7.99. The minimum absolute atomic E-state index is 0.112. The number of thioether (sulfide) groups is 1. The van der Waals surface area contributed by atoms with Crippen LogP contribution in [0.1, 0.15) is 20.3 Å². The fourth-order valence-corrected chi connectivity index (χ4v) is 2.18. The zero-order valence-electron chi connectivity index (χ0n) is 10.6. The van der Waals surface area contributed by atoms with E-state index in [-0.39, 0.29) is 18.3 Å². The van der Waals surface area contributed by atoms with E-state index >= 15 is 0 Å². The first-order chi connectivity index (χ1) is 8.44. The zero-order chi connectivity index (χ0) is 13.6. The first kappa shape index (κ1) is 15.0. The third-order valence-corrected chi connectivity index (χ3v) is 3.35. The summed E-state index contributed by atoms with van der Waals surface area (Å²) in [5.41, 5.74) is -0.611. The molecule has 0 atom stereocenters. The Kier molecular flexibility index (Phi) is 5.62. The minimum Gasteiger partial charge on any atom is -0.394 e. The van der Waals surface area contributed by atoms with E-state index in [1.807, 2.05) is 0 Å². The van der Waals surface area contributed by atoms with Crippen LogP contribution in [0, 0.1) is 5.82 Å². The van der Waals surface area contributed by atoms with Gasteiger partial charge in [0, 0.05) is 17.1 Å². The van der Waals surface area contributed by atoms with E-state index in [1.165, 1.54) is 17.8 Å². The molecule has 0 unspecified atom stereocenters. The number of hydrogen-bond acceptors (Lipinski definition) is 3. The van der Waals surface area contributed by atoms with Gasteiger partial charge in [0.1, 0.15) is 5.82 Å². The molecule has 18 heavy (non-hydrogen) atoms. The highest BCUT2D eigenvalue weighted by Crippen LogP contribution is 2.21. The molecule has 100 valence electrons. The Morgan fingerprint density at radius 1 is 1.44 bits per heavy atom. The van der Waals surface area contributed by atoms with Gasteiger partial charge in [-0.3, -0.25) is 4.79 Å². The Hall–Kier alpha value is -1.07. The third kappa shape index (κ3) is 5.06. The number of aliphatic hydroxyl groups is 1. The molecule has 0 heterocycles. The number of halogens is 1. The van der Waals surface area contributed by atoms with Crippen molar-refractivity contribution in [1.29, 1.82) is 0 Å². The van der Waals surface area contributed by atoms with Crippen molar-refractivity contribution < 1.29 is 14.3 Å². The predicted molar refractivity (Wildman–Crippen MR) is 71.0 cm³/mol. The fraction of sp³-hybridized carbons (Fsp3) is 0.462. The number of rotatable bonds is 6. The molecule has 1 aromatic carbocycles. The standard InChI is InChI=1S/C13H18FNO2S/c1-13(2,9-16)15-12(17)7-8-18-11-6-4-3-5-10(11)14/h3-6,16H,7-9H2,1-2H3,(H,15,17). The van der Waals surface area contributed by atoms with Gasteiger partial charge in [-0.05, 0) is 26.0 Å². The van der Waals surface area contributed by atoms with Crippen LogP contribution >= 0.6 is 11.8 Å². The molecule has 0 fully saturated rings. The lowest BCUT2D eigenvalue weighted by atomic mass is 10.1. The quantitative estimate of drug-likeness (QED) is 0.780. The molecule has 5 heteroatoms. The molecule has 1 aromatic rings. The van der Waals surface area contributed by atoms with Gasteiger partial charge in [-0.25, -0.2) is 4.39 Å². The maximum absolute atomic E-state index is 13.3. The number of carbonyl (C=O) groups excluding carboxylic acids is 1. The molecule has 2 N–H and O–H groups in total. The lowest BCUT2D eigenvalue weighted by Gasteiger charge is -2.23. The van der Waals surface area contributed by atoms with Crippen LogP contribution in [0.5, 0.6) is 0 Å². The number of carbonyl (C=O) groups is 1. The van der Waals surface area contributed by atoms with Gasteiger partial charge in [0.05, 0.1) is 12.1 Å². The van der Waals surface area contributed by atoms with E-state index in [0.29, 0.717) is 17.1 Å². The Labute approximate surface area is 111 Å². The summed E-state index contributed by atoms with van der Waals surface area (Å²) in [6, 6.07) is 6.49. The van der Waals surface area contributed by atoms with Gasteiger partial charge in [-0.2, -0.15) is 0 Å². The molecule has 0 aliphatic carbocycles. The van der Waals surface area contributed by atoms with Gasteiger partial charge in [0.15, 0.2) is 0 Å². The summed E-state index contributed by atoms with van der Waals surface area (Å²) in [4.78, 5) is 12.1. The van der Waals surface area contributed by atoms with E-state index in [0.717, 1.165) is 0 Å². The van der Waals surface area contributed by atoms with Crippen molar-refractivity contribution >= 4 is 17.7 Å². The smallest absolute Gasteiger partial charge is 0.221 e. The van der Waals surface area contributed by atoms with Gasteiger partial charge >= 0.3 is 0 Å². The summed E-state index contributed by atoms with van der Waals surface area (Å²) in [5, 5.41) is 11.7. The number of benzene rings is 1. The maximum atomic E-state index is 13.3. The van der Waals surface area contributed by atoms with Crippen LogP contribution in [0.4, 0.5) is 4.39 Å². The summed E-state index contributed by atoms with van der Waals surface area (Å²) < 4.78 is 13.3. The van der Waals surface area contributed by atoms with Crippen LogP contribution in [0.2, 0.25) is 0 Å². The van der Waals surface area contributed by atoms with E-state index in [2.05, 4.69) is 5.32 Å². The van der Waals surface area contributed by atoms with Crippen molar-refractivity contribution in [2.45, 2.75) is 30.7 Å². The summed E-state index contributed by atoms with van der Waals surface area (Å²) in [6.45, 7) is 3.38. The molecular formula is C13H18FNO2S. The van der Waals surface area contributed by atoms with Crippen LogP contribution < -0.4 is 5.32 Å². The SMILES string of the molecule is CC(C)(CO)NC(=O)CCSc1ccccc1F. The average molecular weight is 271 g/mol. The van der Waals surface area contributed by atoms with Crippen LogP contribution in [-0.4, -0.2) is 28.9 Å². The van der Waals surface area contributed by atoms with Gasteiger partial charge < -0.3 is 10.4 Å². The van der Waals surface area contributed by atoms with Crippen LogP contribution in [0.25, 0.3) is 0 Å². The second-order valence-corrected chi connectivity index (χ2v) is 5.76. The lowest BCUT2D eigenvalue weighted by Crippen LogP contribution is -2.46. The molecule has 1 rings (SSSR count). The fourth-order valence-electron chi connectivity index (χ4n) is 1.29. The topological polar surface area (TPSA) is 49.3 Å². The van der Waals surface area contributed by atoms with E-state index in [4.69, 9.17) is 5.11 Å². The largest absolute Gasteiger partial charge is 0.394 e. The predicted octanol–water partition coefficient (Wildman–Crippen LogP) is 2.20. The molecule has 0 aliphatic rings. The Bertz CT molecular complexity index is 410. The number of amides is 1. The first-order valence-corrected chi connectivity index (χ1v) is 6.72. The Balaban J connectivity index is 2.34. The van der Waals surface area contributed by atoms with Crippen molar-refractivity contribution in [3.05, 3.63) is 30.1 Å². The van der Waals surface area contributed by atoms with Crippen molar-refractivity contribution in [1.82, 2.24) is 5.32 Å². The Morgan fingerprint density at radius 2 is 2.11 bits per heavy atom. The molecule has 0 saturated heterocycles. The summed E-state index contributed by atoms with van der Waals surface area (Å²) >= 11 is 1.31. The average Bonchev–Trinajstić information content (AvgIpc) is 2.31. The van der Waals surface area contributed by atoms with Crippen LogP contribution in [0.15, 0.2) is 29.2 Å². The maximum Gasteiger partial charge on any atom is 0.221 e. The molecule has 0 aromatic heterocycles. The summed E-state index contributed by atoms with van der Waals surface area (Å²) in [5.74, 6) is 0.102. The van der Waals surface area contributed by atoms with E-state index < -0.39 is 5.54 Å². The Morgan fingerprint density at radius 3 is 2.72 bits per heavy atom. The third-order valence-electron chi connectivity index (χ3n) is 2.30. The van der Waals surface area contributed by atoms with Crippen LogP contribution in [0.3, 0.4) is 0 Å². The van der Waals surface area contributed by atoms with Gasteiger partial charge in [0.2, 0.25) is 5.91 Å². The van der Waals surface area contributed by atoms with Crippen molar-refractivity contribution in [2.75, 3.05) is 12.4 Å². The summed E-state index contributed by atoms with van der Waals surface area (Å²) in [6.07, 6.45) is 0.294. The zero-order valence-corrected chi connectivity index (χ0v) is 11.4. The lowest BCUT2D eigenvalue weighted by molar-refractivity contribution is -0.122. The molecule has 3 nitrogen and oxygen atoms in total. The second-order valence-electron chi connectivity index (χ2n) is 4.62. The second kappa shape index (κ2) is 6.75. The highest BCUT2D eigenvalue weighted by atomic mass is 32.2. The van der Waals surface area contributed by atoms with Crippen molar-refractivity contribution in [2.24, 2.45) is 0 Å². The number of hydrogen-bond donors (Lipinski definition) is 2. The first-order valence-electron chi connectivity index (χ1n) is 5.74. The van der Waals surface area contributed by atoms with E-state index in [9.17, 15) is 9.18 Å². The molecule has 0 spiro atoms. The number of aliphatic hydroxyl groups excluding tert-OH is 1. The molecule has 1 amide bonds. The molecule has 0 aliphatic heterocycles. The van der Waals surface area contributed by atoms with Crippen LogP contribution in [-0.2, 0) is 4.79 Å². The van der Waals surface area contributed by atoms with Gasteiger partial charge in [-0.1, -0.05) is 12.1 Å². The van der Waals surface area contributed by atoms with E-state index in [1.54, 1.807) is 32.0 Å². The summed E-state index contributed by atoms with van der Waals surface area (Å²) in [7, 11) is 0. The normalized spacial score (nSPS) is 11.3. The molecular weight excluding hydrogens is 253 g/mol. The van der Waals surface area contributed by atoms with Crippen molar-refractivity contribution in [3.8, 4) is 0 Å². The van der Waals surface area contributed by atoms with Gasteiger partial charge in [0.25, 0.3) is 0 Å².